The molecule has 100 valence electrons. The van der Waals surface area contributed by atoms with Gasteiger partial charge in [0.2, 0.25) is 0 Å². The number of hydrogen-bond donors (Lipinski definition) is 1. The largest absolute Gasteiger partial charge is 0.416 e. The zero-order valence-electron chi connectivity index (χ0n) is 9.98. The van der Waals surface area contributed by atoms with Gasteiger partial charge in [-0.15, -0.1) is 0 Å². The average molecular weight is 267 g/mol. The quantitative estimate of drug-likeness (QED) is 0.929. The first-order valence-electron chi connectivity index (χ1n) is 5.66. The first-order chi connectivity index (χ1) is 8.99. The summed E-state index contributed by atoms with van der Waals surface area (Å²) in [6.07, 6.45) is -2.54. The van der Waals surface area contributed by atoms with Gasteiger partial charge < -0.3 is 5.73 Å². The van der Waals surface area contributed by atoms with Crippen LogP contribution in [-0.2, 0) is 19.1 Å². The Bertz CT molecular complexity index is 567. The Labute approximate surface area is 108 Å². The SMILES string of the molecule is NCc1ccnc(Cc2cccc(C(F)(F)F)c2)n1. The van der Waals surface area contributed by atoms with Crippen molar-refractivity contribution in [3.8, 4) is 0 Å². The highest BCUT2D eigenvalue weighted by Crippen LogP contribution is 2.29. The molecular weight excluding hydrogens is 255 g/mol. The van der Waals surface area contributed by atoms with E-state index in [9.17, 15) is 13.2 Å². The third-order valence-corrected chi connectivity index (χ3v) is 2.59. The Kier molecular flexibility index (Phi) is 3.80. The van der Waals surface area contributed by atoms with Gasteiger partial charge in [-0.2, -0.15) is 13.2 Å². The fraction of sp³-hybridized carbons (Fsp3) is 0.231. The lowest BCUT2D eigenvalue weighted by Crippen LogP contribution is -2.07. The van der Waals surface area contributed by atoms with E-state index in [1.165, 1.54) is 6.07 Å². The van der Waals surface area contributed by atoms with Gasteiger partial charge >= 0.3 is 6.18 Å². The van der Waals surface area contributed by atoms with Crippen LogP contribution in [0.2, 0.25) is 0 Å². The summed E-state index contributed by atoms with van der Waals surface area (Å²) >= 11 is 0. The van der Waals surface area contributed by atoms with Crippen molar-refractivity contribution in [2.75, 3.05) is 0 Å². The maximum absolute atomic E-state index is 12.6. The number of nitrogens with zero attached hydrogens (tertiary/aromatic N) is 2. The molecule has 0 aliphatic rings. The summed E-state index contributed by atoms with van der Waals surface area (Å²) in [4.78, 5) is 8.19. The van der Waals surface area contributed by atoms with E-state index in [-0.39, 0.29) is 13.0 Å². The molecule has 0 spiro atoms. The van der Waals surface area contributed by atoms with E-state index in [0.717, 1.165) is 12.1 Å². The van der Waals surface area contributed by atoms with Crippen molar-refractivity contribution >= 4 is 0 Å². The standard InChI is InChI=1S/C13H12F3N3/c14-13(15,16)10-3-1-2-9(6-10)7-12-18-5-4-11(8-17)19-12/h1-6H,7-8,17H2. The summed E-state index contributed by atoms with van der Waals surface area (Å²) < 4.78 is 37.7. The normalized spacial score (nSPS) is 11.6. The summed E-state index contributed by atoms with van der Waals surface area (Å²) in [5.74, 6) is 0.460. The minimum absolute atomic E-state index is 0.248. The summed E-state index contributed by atoms with van der Waals surface area (Å²) in [5, 5.41) is 0. The maximum atomic E-state index is 12.6. The monoisotopic (exact) mass is 267 g/mol. The van der Waals surface area contributed by atoms with Crippen molar-refractivity contribution < 1.29 is 13.2 Å². The van der Waals surface area contributed by atoms with Gasteiger partial charge in [0.15, 0.2) is 0 Å². The second kappa shape index (κ2) is 5.36. The zero-order valence-corrected chi connectivity index (χ0v) is 9.98. The van der Waals surface area contributed by atoms with Crippen molar-refractivity contribution in [3.63, 3.8) is 0 Å². The molecule has 1 aromatic carbocycles. The molecule has 0 atom stereocenters. The molecule has 3 nitrogen and oxygen atoms in total. The topological polar surface area (TPSA) is 51.8 Å². The molecule has 0 radical (unpaired) electrons. The number of hydrogen-bond acceptors (Lipinski definition) is 3. The summed E-state index contributed by atoms with van der Waals surface area (Å²) in [6.45, 7) is 0.276. The Morgan fingerprint density at radius 2 is 1.95 bits per heavy atom. The Morgan fingerprint density at radius 3 is 2.63 bits per heavy atom. The summed E-state index contributed by atoms with van der Waals surface area (Å²) in [6, 6.07) is 6.83. The van der Waals surface area contributed by atoms with E-state index in [1.54, 1.807) is 18.3 Å². The molecule has 0 bridgehead atoms. The highest BCUT2D eigenvalue weighted by atomic mass is 19.4. The highest BCUT2D eigenvalue weighted by molar-refractivity contribution is 5.27. The number of alkyl halides is 3. The molecule has 19 heavy (non-hydrogen) atoms. The van der Waals surface area contributed by atoms with Crippen LogP contribution in [0.5, 0.6) is 0 Å². The van der Waals surface area contributed by atoms with Gasteiger partial charge in [-0.05, 0) is 17.7 Å². The van der Waals surface area contributed by atoms with Crippen molar-refractivity contribution in [1.29, 1.82) is 0 Å². The summed E-state index contributed by atoms with van der Waals surface area (Å²) in [5.41, 5.74) is 5.97. The molecule has 0 unspecified atom stereocenters. The Morgan fingerprint density at radius 1 is 1.16 bits per heavy atom. The predicted molar refractivity (Wildman–Crippen MR) is 64.2 cm³/mol. The van der Waals surface area contributed by atoms with E-state index in [1.807, 2.05) is 0 Å². The van der Waals surface area contributed by atoms with E-state index >= 15 is 0 Å². The van der Waals surface area contributed by atoms with Crippen LogP contribution in [0.4, 0.5) is 13.2 Å². The maximum Gasteiger partial charge on any atom is 0.416 e. The van der Waals surface area contributed by atoms with Gasteiger partial charge in [0.25, 0.3) is 0 Å². The van der Waals surface area contributed by atoms with Crippen molar-refractivity contribution in [3.05, 3.63) is 59.2 Å². The molecule has 1 aromatic heterocycles. The van der Waals surface area contributed by atoms with Crippen LogP contribution < -0.4 is 5.73 Å². The fourth-order valence-corrected chi connectivity index (χ4v) is 1.68. The van der Waals surface area contributed by atoms with Crippen LogP contribution in [-0.4, -0.2) is 9.97 Å². The molecule has 0 fully saturated rings. The second-order valence-electron chi connectivity index (χ2n) is 4.04. The Hall–Kier alpha value is -1.95. The third kappa shape index (κ3) is 3.51. The van der Waals surface area contributed by atoms with E-state index in [0.29, 0.717) is 17.1 Å². The van der Waals surface area contributed by atoms with Crippen molar-refractivity contribution in [1.82, 2.24) is 9.97 Å². The minimum Gasteiger partial charge on any atom is -0.325 e. The molecule has 6 heteroatoms. The lowest BCUT2D eigenvalue weighted by molar-refractivity contribution is -0.137. The molecule has 0 aliphatic heterocycles. The van der Waals surface area contributed by atoms with Crippen LogP contribution in [0, 0.1) is 0 Å². The van der Waals surface area contributed by atoms with Crippen molar-refractivity contribution in [2.24, 2.45) is 5.73 Å². The van der Waals surface area contributed by atoms with Crippen LogP contribution >= 0.6 is 0 Å². The molecule has 0 saturated carbocycles. The predicted octanol–water partition coefficient (Wildman–Crippen LogP) is 2.54. The fourth-order valence-electron chi connectivity index (χ4n) is 1.68. The minimum atomic E-state index is -4.34. The third-order valence-electron chi connectivity index (χ3n) is 2.59. The number of halogens is 3. The molecule has 2 rings (SSSR count). The second-order valence-corrected chi connectivity index (χ2v) is 4.04. The Balaban J connectivity index is 2.23. The number of rotatable bonds is 3. The van der Waals surface area contributed by atoms with E-state index in [4.69, 9.17) is 5.73 Å². The van der Waals surface area contributed by atoms with Crippen LogP contribution in [0.1, 0.15) is 22.6 Å². The van der Waals surface area contributed by atoms with Crippen molar-refractivity contribution in [2.45, 2.75) is 19.1 Å². The van der Waals surface area contributed by atoms with E-state index < -0.39 is 11.7 Å². The molecule has 0 aliphatic carbocycles. The van der Waals surface area contributed by atoms with E-state index in [2.05, 4.69) is 9.97 Å². The average Bonchev–Trinajstić information content (AvgIpc) is 2.38. The molecule has 0 saturated heterocycles. The number of benzene rings is 1. The number of aromatic nitrogens is 2. The molecule has 2 N–H and O–H groups in total. The molecular formula is C13H12F3N3. The first kappa shape index (κ1) is 13.5. The lowest BCUT2D eigenvalue weighted by atomic mass is 10.1. The zero-order chi connectivity index (χ0) is 13.9. The molecule has 1 heterocycles. The lowest BCUT2D eigenvalue weighted by Gasteiger charge is -2.08. The van der Waals surface area contributed by atoms with Gasteiger partial charge in [-0.1, -0.05) is 18.2 Å². The van der Waals surface area contributed by atoms with Gasteiger partial charge in [0.05, 0.1) is 11.3 Å². The number of nitrogens with two attached hydrogens (primary N) is 1. The van der Waals surface area contributed by atoms with Gasteiger partial charge in [-0.25, -0.2) is 9.97 Å². The van der Waals surface area contributed by atoms with Crippen LogP contribution in [0.3, 0.4) is 0 Å². The van der Waals surface area contributed by atoms with Gasteiger partial charge in [-0.3, -0.25) is 0 Å². The molecule has 2 aromatic rings. The molecule has 0 amide bonds. The highest BCUT2D eigenvalue weighted by Gasteiger charge is 2.30. The van der Waals surface area contributed by atoms with Gasteiger partial charge in [0, 0.05) is 19.2 Å². The smallest absolute Gasteiger partial charge is 0.325 e. The van der Waals surface area contributed by atoms with Crippen LogP contribution in [0.15, 0.2) is 36.5 Å². The first-order valence-corrected chi connectivity index (χ1v) is 5.66. The van der Waals surface area contributed by atoms with Gasteiger partial charge in [0.1, 0.15) is 5.82 Å². The summed E-state index contributed by atoms with van der Waals surface area (Å²) in [7, 11) is 0. The van der Waals surface area contributed by atoms with Crippen LogP contribution in [0.25, 0.3) is 0 Å².